The highest BCUT2D eigenvalue weighted by atomic mass is 35.5. The zero-order valence-electron chi connectivity index (χ0n) is 6.45. The highest BCUT2D eigenvalue weighted by molar-refractivity contribution is 6.30. The molecule has 0 aromatic carbocycles. The molecule has 1 N–H and O–H groups in total. The average molecular weight is 183 g/mol. The van der Waals surface area contributed by atoms with Crippen LogP contribution in [0.2, 0.25) is 5.02 Å². The first-order valence-corrected chi connectivity index (χ1v) is 3.89. The van der Waals surface area contributed by atoms with Crippen LogP contribution in [0, 0.1) is 6.92 Å². The predicted octanol–water partition coefficient (Wildman–Crippen LogP) is 2.00. The molecular weight excluding hydrogens is 176 g/mol. The van der Waals surface area contributed by atoms with Crippen molar-refractivity contribution in [3.05, 3.63) is 29.0 Å². The summed E-state index contributed by atoms with van der Waals surface area (Å²) < 4.78 is 1.56. The Hall–Kier alpha value is -1.22. The van der Waals surface area contributed by atoms with E-state index >= 15 is 0 Å². The van der Waals surface area contributed by atoms with Gasteiger partial charge >= 0.3 is 0 Å². The van der Waals surface area contributed by atoms with E-state index < -0.39 is 0 Å². The number of pyridine rings is 1. The van der Waals surface area contributed by atoms with Crippen molar-refractivity contribution in [2.75, 3.05) is 0 Å². The third-order valence-electron chi connectivity index (χ3n) is 1.74. The number of rotatable bonds is 0. The van der Waals surface area contributed by atoms with Crippen molar-refractivity contribution in [1.29, 1.82) is 0 Å². The first kappa shape index (κ1) is 7.43. The van der Waals surface area contributed by atoms with Gasteiger partial charge < -0.3 is 5.11 Å². The minimum absolute atomic E-state index is 0.164. The summed E-state index contributed by atoms with van der Waals surface area (Å²) in [4.78, 5) is 0. The number of nitrogens with zero attached hydrogens (tertiary/aromatic N) is 2. The van der Waals surface area contributed by atoms with Crippen LogP contribution in [0.15, 0.2) is 18.5 Å². The molecule has 0 bridgehead atoms. The fourth-order valence-electron chi connectivity index (χ4n) is 1.22. The number of halogens is 1. The molecule has 4 heteroatoms. The minimum atomic E-state index is 0.164. The lowest BCUT2D eigenvalue weighted by molar-refractivity contribution is 0.478. The van der Waals surface area contributed by atoms with Gasteiger partial charge in [-0.3, -0.25) is 0 Å². The Morgan fingerprint density at radius 2 is 2.33 bits per heavy atom. The highest BCUT2D eigenvalue weighted by Gasteiger charge is 2.05. The molecule has 62 valence electrons. The quantitative estimate of drug-likeness (QED) is 0.677. The zero-order valence-corrected chi connectivity index (χ0v) is 7.21. The zero-order chi connectivity index (χ0) is 8.72. The summed E-state index contributed by atoms with van der Waals surface area (Å²) in [6.07, 6.45) is 3.34. The maximum Gasteiger partial charge on any atom is 0.143 e. The summed E-state index contributed by atoms with van der Waals surface area (Å²) in [7, 11) is 0. The smallest absolute Gasteiger partial charge is 0.143 e. The average Bonchev–Trinajstić information content (AvgIpc) is 2.31. The van der Waals surface area contributed by atoms with Crippen LogP contribution in [-0.4, -0.2) is 14.7 Å². The minimum Gasteiger partial charge on any atom is -0.506 e. The van der Waals surface area contributed by atoms with Crippen LogP contribution >= 0.6 is 11.6 Å². The van der Waals surface area contributed by atoms with Crippen LogP contribution < -0.4 is 0 Å². The van der Waals surface area contributed by atoms with Gasteiger partial charge in [-0.25, -0.2) is 4.52 Å². The third-order valence-corrected chi connectivity index (χ3v) is 1.95. The van der Waals surface area contributed by atoms with E-state index in [0.29, 0.717) is 10.5 Å². The Kier molecular flexibility index (Phi) is 1.48. The number of aromatic nitrogens is 2. The fraction of sp³-hybridized carbons (Fsp3) is 0.125. The lowest BCUT2D eigenvalue weighted by Gasteiger charge is -1.98. The van der Waals surface area contributed by atoms with Gasteiger partial charge in [-0.05, 0) is 12.5 Å². The molecule has 0 saturated carbocycles. The third kappa shape index (κ3) is 0.940. The molecular formula is C8H7ClN2O. The van der Waals surface area contributed by atoms with Gasteiger partial charge in [0.25, 0.3) is 0 Å². The van der Waals surface area contributed by atoms with Crippen LogP contribution in [0.5, 0.6) is 5.75 Å². The maximum absolute atomic E-state index is 9.48. The Labute approximate surface area is 74.2 Å². The van der Waals surface area contributed by atoms with Crippen molar-refractivity contribution >= 4 is 17.1 Å². The largest absolute Gasteiger partial charge is 0.506 e. The van der Waals surface area contributed by atoms with Gasteiger partial charge in [-0.1, -0.05) is 11.6 Å². The first-order chi connectivity index (χ1) is 5.68. The molecule has 3 nitrogen and oxygen atoms in total. The van der Waals surface area contributed by atoms with Gasteiger partial charge in [0.2, 0.25) is 0 Å². The molecule has 0 aliphatic carbocycles. The fourth-order valence-corrected chi connectivity index (χ4v) is 1.41. The molecule has 0 aliphatic rings. The van der Waals surface area contributed by atoms with E-state index in [0.717, 1.165) is 5.56 Å². The molecule has 0 aliphatic heterocycles. The Morgan fingerprint density at radius 3 is 3.08 bits per heavy atom. The van der Waals surface area contributed by atoms with E-state index in [4.69, 9.17) is 11.6 Å². The molecule has 2 rings (SSSR count). The second-order valence-corrected chi connectivity index (χ2v) is 3.10. The van der Waals surface area contributed by atoms with Crippen LogP contribution in [-0.2, 0) is 0 Å². The van der Waals surface area contributed by atoms with E-state index in [9.17, 15) is 5.11 Å². The van der Waals surface area contributed by atoms with Gasteiger partial charge in [0.05, 0.1) is 11.2 Å². The molecule has 0 spiro atoms. The van der Waals surface area contributed by atoms with Gasteiger partial charge in [-0.15, -0.1) is 0 Å². The van der Waals surface area contributed by atoms with E-state index in [1.807, 2.05) is 6.92 Å². The molecule has 2 aromatic heterocycles. The number of fused-ring (bicyclic) bond motifs is 1. The number of aryl methyl sites for hydroxylation is 1. The lowest BCUT2D eigenvalue weighted by Crippen LogP contribution is -1.86. The molecule has 0 amide bonds. The maximum atomic E-state index is 9.48. The van der Waals surface area contributed by atoms with Gasteiger partial charge in [0.15, 0.2) is 0 Å². The normalized spacial score (nSPS) is 10.8. The Balaban J connectivity index is 2.93. The summed E-state index contributed by atoms with van der Waals surface area (Å²) in [5.74, 6) is 0.164. The van der Waals surface area contributed by atoms with Crippen molar-refractivity contribution in [3.63, 3.8) is 0 Å². The summed E-state index contributed by atoms with van der Waals surface area (Å²) in [6.45, 7) is 1.88. The second kappa shape index (κ2) is 2.38. The molecule has 0 unspecified atom stereocenters. The number of aromatic hydroxyl groups is 1. The van der Waals surface area contributed by atoms with Gasteiger partial charge in [0, 0.05) is 12.3 Å². The molecule has 12 heavy (non-hydrogen) atoms. The van der Waals surface area contributed by atoms with E-state index in [-0.39, 0.29) is 5.75 Å². The van der Waals surface area contributed by atoms with E-state index in [1.165, 1.54) is 6.07 Å². The molecule has 0 saturated heterocycles. The molecule has 2 aromatic rings. The summed E-state index contributed by atoms with van der Waals surface area (Å²) in [5, 5.41) is 14.0. The highest BCUT2D eigenvalue weighted by Crippen LogP contribution is 2.24. The van der Waals surface area contributed by atoms with Crippen molar-refractivity contribution in [3.8, 4) is 5.75 Å². The Morgan fingerprint density at radius 1 is 1.58 bits per heavy atom. The summed E-state index contributed by atoms with van der Waals surface area (Å²) >= 11 is 5.71. The summed E-state index contributed by atoms with van der Waals surface area (Å²) in [6, 6.07) is 1.51. The van der Waals surface area contributed by atoms with Crippen LogP contribution in [0.3, 0.4) is 0 Å². The van der Waals surface area contributed by atoms with Crippen molar-refractivity contribution in [2.24, 2.45) is 0 Å². The molecule has 2 heterocycles. The van der Waals surface area contributed by atoms with Crippen LogP contribution in [0.1, 0.15) is 5.56 Å². The predicted molar refractivity (Wildman–Crippen MR) is 46.6 cm³/mol. The molecule has 0 fully saturated rings. The lowest BCUT2D eigenvalue weighted by atomic mass is 10.3. The molecule has 0 radical (unpaired) electrons. The van der Waals surface area contributed by atoms with Gasteiger partial charge in [0.1, 0.15) is 11.3 Å². The van der Waals surface area contributed by atoms with Crippen molar-refractivity contribution in [2.45, 2.75) is 6.92 Å². The van der Waals surface area contributed by atoms with Crippen molar-refractivity contribution < 1.29 is 5.11 Å². The topological polar surface area (TPSA) is 37.5 Å². The van der Waals surface area contributed by atoms with Gasteiger partial charge in [-0.2, -0.15) is 5.10 Å². The van der Waals surface area contributed by atoms with E-state index in [2.05, 4.69) is 5.10 Å². The second-order valence-electron chi connectivity index (χ2n) is 2.66. The Bertz CT molecular complexity index is 436. The number of hydrogen-bond donors (Lipinski definition) is 1. The van der Waals surface area contributed by atoms with E-state index in [1.54, 1.807) is 16.9 Å². The summed E-state index contributed by atoms with van der Waals surface area (Å²) in [5.41, 5.74) is 1.64. The SMILES string of the molecule is Cc1cnn2cc(Cl)cc(O)c12. The first-order valence-electron chi connectivity index (χ1n) is 3.51. The van der Waals surface area contributed by atoms with Crippen LogP contribution in [0.25, 0.3) is 5.52 Å². The number of hydrogen-bond acceptors (Lipinski definition) is 2. The van der Waals surface area contributed by atoms with Crippen LogP contribution in [0.4, 0.5) is 0 Å². The van der Waals surface area contributed by atoms with Crippen molar-refractivity contribution in [1.82, 2.24) is 9.61 Å². The monoisotopic (exact) mass is 182 g/mol. The molecule has 0 atom stereocenters. The standard InChI is InChI=1S/C8H7ClN2O/c1-5-3-10-11-4-6(9)2-7(12)8(5)11/h2-4,12H,1H3.